The maximum atomic E-state index is 4.91. The van der Waals surface area contributed by atoms with Crippen molar-refractivity contribution in [2.24, 2.45) is 0 Å². The van der Waals surface area contributed by atoms with Gasteiger partial charge in [0.2, 0.25) is 0 Å². The lowest BCUT2D eigenvalue weighted by atomic mass is 10.1. The van der Waals surface area contributed by atoms with E-state index in [0.29, 0.717) is 6.04 Å². The molecule has 2 aromatic rings. The zero-order valence-electron chi connectivity index (χ0n) is 12.7. The molecule has 3 nitrogen and oxygen atoms in total. The zero-order valence-corrected chi connectivity index (χ0v) is 12.7. The summed E-state index contributed by atoms with van der Waals surface area (Å²) in [7, 11) is 0. The molecule has 0 atom stereocenters. The zero-order chi connectivity index (χ0) is 14.2. The van der Waals surface area contributed by atoms with Gasteiger partial charge in [-0.05, 0) is 50.3 Å². The van der Waals surface area contributed by atoms with Crippen LogP contribution in [0.1, 0.15) is 38.2 Å². The smallest absolute Gasteiger partial charge is 0.129 e. The molecule has 1 aromatic carbocycles. The van der Waals surface area contributed by atoms with E-state index in [4.69, 9.17) is 4.98 Å². The third-order valence-electron chi connectivity index (χ3n) is 4.57. The molecule has 110 valence electrons. The summed E-state index contributed by atoms with van der Waals surface area (Å²) in [6.07, 6.45) is 5.30. The number of hydrogen-bond donors (Lipinski definition) is 1. The maximum absolute atomic E-state index is 4.91. The van der Waals surface area contributed by atoms with E-state index in [9.17, 15) is 0 Å². The van der Waals surface area contributed by atoms with Crippen LogP contribution in [0.25, 0.3) is 10.9 Å². The molecular formula is C18H23N3. The molecule has 0 bridgehead atoms. The number of hydrogen-bond acceptors (Lipinski definition) is 3. The molecule has 0 saturated heterocycles. The van der Waals surface area contributed by atoms with Gasteiger partial charge in [-0.2, -0.15) is 0 Å². The third-order valence-corrected chi connectivity index (χ3v) is 4.57. The fraction of sp³-hybridized carbons (Fsp3) is 0.500. The first-order valence-electron chi connectivity index (χ1n) is 8.24. The Balaban J connectivity index is 1.72. The van der Waals surface area contributed by atoms with Gasteiger partial charge in [-0.15, -0.1) is 0 Å². The highest BCUT2D eigenvalue weighted by Gasteiger charge is 2.29. The molecule has 0 spiro atoms. The Kier molecular flexibility index (Phi) is 3.30. The second-order valence-electron chi connectivity index (χ2n) is 6.33. The number of fused-ring (bicyclic) bond motifs is 1. The molecule has 1 N–H and O–H groups in total. The first-order chi connectivity index (χ1) is 10.3. The van der Waals surface area contributed by atoms with E-state index in [1.54, 1.807) is 0 Å². The van der Waals surface area contributed by atoms with Gasteiger partial charge in [0.1, 0.15) is 5.82 Å². The summed E-state index contributed by atoms with van der Waals surface area (Å²) >= 11 is 0. The van der Waals surface area contributed by atoms with Crippen LogP contribution < -0.4 is 10.2 Å². The van der Waals surface area contributed by atoms with Crippen LogP contribution >= 0.6 is 0 Å². The number of nitrogens with zero attached hydrogens (tertiary/aromatic N) is 2. The first kappa shape index (κ1) is 13.1. The van der Waals surface area contributed by atoms with Gasteiger partial charge in [-0.1, -0.05) is 18.2 Å². The Morgan fingerprint density at radius 3 is 2.71 bits per heavy atom. The van der Waals surface area contributed by atoms with Gasteiger partial charge in [-0.25, -0.2) is 4.98 Å². The Morgan fingerprint density at radius 1 is 1.19 bits per heavy atom. The molecule has 0 amide bonds. The number of para-hydroxylation sites is 1. The molecule has 0 aliphatic heterocycles. The van der Waals surface area contributed by atoms with Crippen molar-refractivity contribution in [1.82, 2.24) is 10.3 Å². The fourth-order valence-corrected chi connectivity index (χ4v) is 3.06. The number of aromatic nitrogens is 1. The van der Waals surface area contributed by atoms with E-state index in [2.05, 4.69) is 47.5 Å². The van der Waals surface area contributed by atoms with E-state index < -0.39 is 0 Å². The number of benzene rings is 1. The molecule has 3 heteroatoms. The van der Waals surface area contributed by atoms with E-state index in [1.165, 1.54) is 36.6 Å². The average Bonchev–Trinajstić information content (AvgIpc) is 3.38. The molecule has 2 aliphatic rings. The Bertz CT molecular complexity index is 644. The fourth-order valence-electron chi connectivity index (χ4n) is 3.06. The molecular weight excluding hydrogens is 258 g/mol. The molecule has 0 unspecified atom stereocenters. The van der Waals surface area contributed by atoms with Gasteiger partial charge in [0.15, 0.2) is 0 Å². The second kappa shape index (κ2) is 5.30. The Morgan fingerprint density at radius 2 is 2.00 bits per heavy atom. The van der Waals surface area contributed by atoms with Crippen LogP contribution in [0.15, 0.2) is 30.3 Å². The topological polar surface area (TPSA) is 28.2 Å². The van der Waals surface area contributed by atoms with Crippen LogP contribution in [0.3, 0.4) is 0 Å². The van der Waals surface area contributed by atoms with Gasteiger partial charge in [0, 0.05) is 30.6 Å². The molecule has 1 aromatic heterocycles. The highest BCUT2D eigenvalue weighted by molar-refractivity contribution is 5.84. The Hall–Kier alpha value is -1.61. The SMILES string of the molecule is CCN(c1cc(CNC2CC2)c2ccccc2n1)C1CC1. The minimum absolute atomic E-state index is 0.716. The van der Waals surface area contributed by atoms with Crippen molar-refractivity contribution in [1.29, 1.82) is 0 Å². The lowest BCUT2D eigenvalue weighted by molar-refractivity contribution is 0.689. The van der Waals surface area contributed by atoms with E-state index >= 15 is 0 Å². The monoisotopic (exact) mass is 281 g/mol. The quantitative estimate of drug-likeness (QED) is 0.878. The number of rotatable bonds is 6. The van der Waals surface area contributed by atoms with Gasteiger partial charge in [0.05, 0.1) is 5.52 Å². The van der Waals surface area contributed by atoms with Crippen molar-refractivity contribution in [2.75, 3.05) is 11.4 Å². The summed E-state index contributed by atoms with van der Waals surface area (Å²) in [5.41, 5.74) is 2.52. The van der Waals surface area contributed by atoms with Gasteiger partial charge >= 0.3 is 0 Å². The van der Waals surface area contributed by atoms with Crippen molar-refractivity contribution >= 4 is 16.7 Å². The summed E-state index contributed by atoms with van der Waals surface area (Å²) < 4.78 is 0. The maximum Gasteiger partial charge on any atom is 0.129 e. The normalized spacial score (nSPS) is 18.1. The lowest BCUT2D eigenvalue weighted by Crippen LogP contribution is -2.26. The number of pyridine rings is 1. The predicted molar refractivity (Wildman–Crippen MR) is 87.6 cm³/mol. The van der Waals surface area contributed by atoms with E-state index in [1.807, 2.05) is 0 Å². The van der Waals surface area contributed by atoms with Crippen LogP contribution in [0, 0.1) is 0 Å². The summed E-state index contributed by atoms with van der Waals surface area (Å²) in [5.74, 6) is 1.16. The third kappa shape index (κ3) is 2.75. The van der Waals surface area contributed by atoms with Crippen LogP contribution in [0.5, 0.6) is 0 Å². The van der Waals surface area contributed by atoms with Gasteiger partial charge in [-0.3, -0.25) is 0 Å². The van der Waals surface area contributed by atoms with Crippen molar-refractivity contribution in [3.63, 3.8) is 0 Å². The van der Waals surface area contributed by atoms with Crippen molar-refractivity contribution in [3.05, 3.63) is 35.9 Å². The van der Waals surface area contributed by atoms with Crippen LogP contribution in [0.2, 0.25) is 0 Å². The molecule has 2 saturated carbocycles. The van der Waals surface area contributed by atoms with Crippen molar-refractivity contribution < 1.29 is 0 Å². The van der Waals surface area contributed by atoms with Crippen molar-refractivity contribution in [2.45, 2.75) is 51.2 Å². The number of anilines is 1. The standard InChI is InChI=1S/C18H23N3/c1-2-21(15-9-10-15)18-11-13(12-19-14-7-8-14)16-5-3-4-6-17(16)20-18/h3-6,11,14-15,19H,2,7-10,12H2,1H3. The van der Waals surface area contributed by atoms with Gasteiger partial charge in [0.25, 0.3) is 0 Å². The van der Waals surface area contributed by atoms with Crippen LogP contribution in [0.4, 0.5) is 5.82 Å². The molecule has 1 heterocycles. The minimum atomic E-state index is 0.716. The molecule has 21 heavy (non-hydrogen) atoms. The summed E-state index contributed by atoms with van der Waals surface area (Å²) in [4.78, 5) is 7.37. The molecule has 4 rings (SSSR count). The predicted octanol–water partition coefficient (Wildman–Crippen LogP) is 3.48. The summed E-state index contributed by atoms with van der Waals surface area (Å²) in [5, 5.41) is 4.94. The largest absolute Gasteiger partial charge is 0.354 e. The van der Waals surface area contributed by atoms with E-state index in [-0.39, 0.29) is 0 Å². The molecule has 0 radical (unpaired) electrons. The van der Waals surface area contributed by atoms with Crippen LogP contribution in [-0.4, -0.2) is 23.6 Å². The van der Waals surface area contributed by atoms with Crippen LogP contribution in [-0.2, 0) is 6.54 Å². The minimum Gasteiger partial charge on any atom is -0.354 e. The summed E-state index contributed by atoms with van der Waals surface area (Å²) in [6.45, 7) is 4.24. The first-order valence-corrected chi connectivity index (χ1v) is 8.24. The summed E-state index contributed by atoms with van der Waals surface area (Å²) in [6, 6.07) is 12.3. The van der Waals surface area contributed by atoms with E-state index in [0.717, 1.165) is 30.5 Å². The molecule has 2 fully saturated rings. The highest BCUT2D eigenvalue weighted by Crippen LogP contribution is 2.32. The Labute approximate surface area is 126 Å². The lowest BCUT2D eigenvalue weighted by Gasteiger charge is -2.23. The van der Waals surface area contributed by atoms with Crippen molar-refractivity contribution in [3.8, 4) is 0 Å². The highest BCUT2D eigenvalue weighted by atomic mass is 15.2. The van der Waals surface area contributed by atoms with Gasteiger partial charge < -0.3 is 10.2 Å². The average molecular weight is 281 g/mol. The second-order valence-corrected chi connectivity index (χ2v) is 6.33. The number of nitrogens with one attached hydrogen (secondary N) is 1. The molecule has 2 aliphatic carbocycles.